The van der Waals surface area contributed by atoms with Crippen molar-refractivity contribution in [2.75, 3.05) is 11.9 Å². The van der Waals surface area contributed by atoms with E-state index < -0.39 is 0 Å². The minimum absolute atomic E-state index is 0.0477. The van der Waals surface area contributed by atoms with Crippen LogP contribution in [0.25, 0.3) is 0 Å². The van der Waals surface area contributed by atoms with Crippen LogP contribution in [0.15, 0.2) is 42.5 Å². The number of halogens is 1. The number of benzene rings is 2. The number of hydrogen-bond donors (Lipinski definition) is 2. The molecule has 2 aliphatic rings. The standard InChI is InChI=1S/C20H19ClN2O3/c21-15-3-1-2-12(9-15)19(24)23-17-6-7-18-13(10-17)8-14(11-26-18)20(25)22-16-4-5-16/h1-3,6-7,9-10,14,16H,4-5,8,11H2,(H,22,25)(H,23,24)/t14-/m0/s1. The second-order valence-electron chi connectivity index (χ2n) is 6.78. The Morgan fingerprint density at radius 2 is 1.96 bits per heavy atom. The zero-order chi connectivity index (χ0) is 18.1. The lowest BCUT2D eigenvalue weighted by Crippen LogP contribution is -2.38. The lowest BCUT2D eigenvalue weighted by atomic mass is 9.95. The molecule has 1 aliphatic heterocycles. The molecule has 1 atom stereocenters. The lowest BCUT2D eigenvalue weighted by molar-refractivity contribution is -0.126. The van der Waals surface area contributed by atoms with Crippen molar-refractivity contribution in [3.8, 4) is 5.75 Å². The van der Waals surface area contributed by atoms with Crippen molar-refractivity contribution in [3.63, 3.8) is 0 Å². The van der Waals surface area contributed by atoms with Gasteiger partial charge >= 0.3 is 0 Å². The highest BCUT2D eigenvalue weighted by Gasteiger charge is 2.30. The Morgan fingerprint density at radius 3 is 2.73 bits per heavy atom. The van der Waals surface area contributed by atoms with Gasteiger partial charge in [-0.2, -0.15) is 0 Å². The molecule has 0 aromatic heterocycles. The van der Waals surface area contributed by atoms with E-state index in [4.69, 9.17) is 16.3 Å². The van der Waals surface area contributed by atoms with E-state index >= 15 is 0 Å². The second kappa shape index (κ2) is 7.00. The van der Waals surface area contributed by atoms with Crippen molar-refractivity contribution >= 4 is 29.1 Å². The molecule has 4 rings (SSSR count). The van der Waals surface area contributed by atoms with Gasteiger partial charge in [0.15, 0.2) is 0 Å². The summed E-state index contributed by atoms with van der Waals surface area (Å²) in [6.07, 6.45) is 2.74. The summed E-state index contributed by atoms with van der Waals surface area (Å²) in [6, 6.07) is 12.6. The molecule has 0 spiro atoms. The van der Waals surface area contributed by atoms with Crippen LogP contribution in [0.5, 0.6) is 5.75 Å². The van der Waals surface area contributed by atoms with Crippen molar-refractivity contribution < 1.29 is 14.3 Å². The number of nitrogens with one attached hydrogen (secondary N) is 2. The Bertz CT molecular complexity index is 864. The molecule has 134 valence electrons. The molecule has 2 aromatic carbocycles. The molecule has 1 fully saturated rings. The molecular weight excluding hydrogens is 352 g/mol. The summed E-state index contributed by atoms with van der Waals surface area (Å²) >= 11 is 5.94. The molecule has 2 N–H and O–H groups in total. The highest BCUT2D eigenvalue weighted by molar-refractivity contribution is 6.31. The van der Waals surface area contributed by atoms with Gasteiger partial charge in [0.1, 0.15) is 12.4 Å². The fourth-order valence-electron chi connectivity index (χ4n) is 3.02. The molecule has 1 saturated carbocycles. The Morgan fingerprint density at radius 1 is 1.12 bits per heavy atom. The zero-order valence-electron chi connectivity index (χ0n) is 14.1. The molecule has 1 aliphatic carbocycles. The van der Waals surface area contributed by atoms with Gasteiger partial charge in [-0.05, 0) is 61.2 Å². The van der Waals surface area contributed by atoms with Crippen LogP contribution in [0.2, 0.25) is 5.02 Å². The normalized spacial score (nSPS) is 18.4. The SMILES string of the molecule is O=C(Nc1ccc2c(c1)C[C@H](C(=O)NC1CC1)CO2)c1cccc(Cl)c1. The van der Waals surface area contributed by atoms with E-state index in [-0.39, 0.29) is 17.7 Å². The van der Waals surface area contributed by atoms with Crippen LogP contribution in [0.3, 0.4) is 0 Å². The first kappa shape index (κ1) is 16.9. The van der Waals surface area contributed by atoms with Gasteiger partial charge in [0, 0.05) is 22.3 Å². The summed E-state index contributed by atoms with van der Waals surface area (Å²) in [5.41, 5.74) is 2.09. The van der Waals surface area contributed by atoms with Gasteiger partial charge in [0.2, 0.25) is 5.91 Å². The molecule has 2 amide bonds. The summed E-state index contributed by atoms with van der Waals surface area (Å²) in [5, 5.41) is 6.41. The first-order valence-corrected chi connectivity index (χ1v) is 9.09. The fraction of sp³-hybridized carbons (Fsp3) is 0.300. The van der Waals surface area contributed by atoms with Gasteiger partial charge < -0.3 is 15.4 Å². The number of carbonyl (C=O) groups is 2. The number of anilines is 1. The fourth-order valence-corrected chi connectivity index (χ4v) is 3.21. The number of carbonyl (C=O) groups excluding carboxylic acids is 2. The summed E-state index contributed by atoms with van der Waals surface area (Å²) in [5.74, 6) is 0.391. The van der Waals surface area contributed by atoms with E-state index in [9.17, 15) is 9.59 Å². The van der Waals surface area contributed by atoms with Gasteiger partial charge in [-0.1, -0.05) is 17.7 Å². The number of hydrogen-bond acceptors (Lipinski definition) is 3. The van der Waals surface area contributed by atoms with Crippen LogP contribution in [-0.4, -0.2) is 24.5 Å². The third kappa shape index (κ3) is 3.83. The summed E-state index contributed by atoms with van der Waals surface area (Å²) in [7, 11) is 0. The van der Waals surface area contributed by atoms with Crippen LogP contribution >= 0.6 is 11.6 Å². The van der Waals surface area contributed by atoms with Gasteiger partial charge in [0.25, 0.3) is 5.91 Å². The van der Waals surface area contributed by atoms with Gasteiger partial charge in [0.05, 0.1) is 5.92 Å². The third-order valence-corrected chi connectivity index (χ3v) is 4.84. The second-order valence-corrected chi connectivity index (χ2v) is 7.22. The van der Waals surface area contributed by atoms with E-state index in [1.165, 1.54) is 0 Å². The monoisotopic (exact) mass is 370 g/mol. The maximum atomic E-state index is 12.4. The van der Waals surface area contributed by atoms with Gasteiger partial charge in [-0.15, -0.1) is 0 Å². The predicted octanol–water partition coefficient (Wildman–Crippen LogP) is 3.42. The van der Waals surface area contributed by atoms with Crippen molar-refractivity contribution in [1.82, 2.24) is 5.32 Å². The van der Waals surface area contributed by atoms with Crippen LogP contribution in [0, 0.1) is 5.92 Å². The van der Waals surface area contributed by atoms with Crippen molar-refractivity contribution in [2.24, 2.45) is 5.92 Å². The van der Waals surface area contributed by atoms with E-state index in [0.29, 0.717) is 35.3 Å². The summed E-state index contributed by atoms with van der Waals surface area (Å²) in [6.45, 7) is 0.389. The van der Waals surface area contributed by atoms with Crippen LogP contribution in [-0.2, 0) is 11.2 Å². The first-order valence-electron chi connectivity index (χ1n) is 8.71. The zero-order valence-corrected chi connectivity index (χ0v) is 14.9. The topological polar surface area (TPSA) is 67.4 Å². The Kier molecular flexibility index (Phi) is 4.55. The molecule has 26 heavy (non-hydrogen) atoms. The molecule has 6 heteroatoms. The quantitative estimate of drug-likeness (QED) is 0.866. The van der Waals surface area contributed by atoms with E-state index in [1.54, 1.807) is 30.3 Å². The largest absolute Gasteiger partial charge is 0.492 e. The predicted molar refractivity (Wildman–Crippen MR) is 99.7 cm³/mol. The van der Waals surface area contributed by atoms with Crippen molar-refractivity contribution in [1.29, 1.82) is 0 Å². The number of fused-ring (bicyclic) bond motifs is 1. The highest BCUT2D eigenvalue weighted by Crippen LogP contribution is 2.31. The van der Waals surface area contributed by atoms with Crippen LogP contribution < -0.4 is 15.4 Å². The Balaban J connectivity index is 1.46. The molecular formula is C20H19ClN2O3. The molecule has 0 saturated heterocycles. The third-order valence-electron chi connectivity index (χ3n) is 4.61. The minimum Gasteiger partial charge on any atom is -0.492 e. The minimum atomic E-state index is -0.229. The van der Waals surface area contributed by atoms with E-state index in [2.05, 4.69) is 10.6 Å². The maximum absolute atomic E-state index is 12.4. The van der Waals surface area contributed by atoms with Crippen LogP contribution in [0.4, 0.5) is 5.69 Å². The van der Waals surface area contributed by atoms with Crippen molar-refractivity contribution in [2.45, 2.75) is 25.3 Å². The van der Waals surface area contributed by atoms with E-state index in [1.807, 2.05) is 12.1 Å². The average Bonchev–Trinajstić information content (AvgIpc) is 3.45. The Labute approximate surface area is 156 Å². The number of ether oxygens (including phenoxy) is 1. The lowest BCUT2D eigenvalue weighted by Gasteiger charge is -2.25. The summed E-state index contributed by atoms with van der Waals surface area (Å²) < 4.78 is 5.73. The van der Waals surface area contributed by atoms with Gasteiger partial charge in [-0.3, -0.25) is 9.59 Å². The molecule has 0 bridgehead atoms. The number of amides is 2. The Hall–Kier alpha value is -2.53. The maximum Gasteiger partial charge on any atom is 0.255 e. The molecule has 2 aromatic rings. The van der Waals surface area contributed by atoms with E-state index in [0.717, 1.165) is 24.2 Å². The average molecular weight is 371 g/mol. The highest BCUT2D eigenvalue weighted by atomic mass is 35.5. The summed E-state index contributed by atoms with van der Waals surface area (Å²) in [4.78, 5) is 24.6. The smallest absolute Gasteiger partial charge is 0.255 e. The molecule has 0 unspecified atom stereocenters. The molecule has 0 radical (unpaired) electrons. The van der Waals surface area contributed by atoms with Crippen LogP contribution in [0.1, 0.15) is 28.8 Å². The molecule has 1 heterocycles. The molecule has 5 nitrogen and oxygen atoms in total. The van der Waals surface area contributed by atoms with Gasteiger partial charge in [-0.25, -0.2) is 0 Å². The first-order chi connectivity index (χ1) is 12.6. The van der Waals surface area contributed by atoms with Crippen molar-refractivity contribution in [3.05, 3.63) is 58.6 Å². The number of rotatable bonds is 4.